The van der Waals surface area contributed by atoms with E-state index in [-0.39, 0.29) is 5.41 Å². The molecule has 3 heteroatoms. The van der Waals surface area contributed by atoms with E-state index in [1.54, 1.807) is 0 Å². The summed E-state index contributed by atoms with van der Waals surface area (Å²) in [5.74, 6) is 3.70. The summed E-state index contributed by atoms with van der Waals surface area (Å²) in [5, 5.41) is 4.63. The van der Waals surface area contributed by atoms with Gasteiger partial charge in [-0.2, -0.15) is 0 Å². The van der Waals surface area contributed by atoms with Crippen molar-refractivity contribution in [2.45, 2.75) is 31.1 Å². The molecule has 0 saturated heterocycles. The van der Waals surface area contributed by atoms with Crippen molar-refractivity contribution < 1.29 is 0 Å². The second-order valence-electron chi connectivity index (χ2n) is 13.2. The van der Waals surface area contributed by atoms with Crippen LogP contribution in [0, 0.1) is 11.8 Å². The Morgan fingerprint density at radius 1 is 0.489 bits per heavy atom. The van der Waals surface area contributed by atoms with Gasteiger partial charge in [0.05, 0.1) is 0 Å². The Labute approximate surface area is 262 Å². The molecule has 1 heterocycles. The van der Waals surface area contributed by atoms with Crippen molar-refractivity contribution in [2.24, 2.45) is 11.8 Å². The van der Waals surface area contributed by atoms with Crippen molar-refractivity contribution in [1.29, 1.82) is 0 Å². The lowest BCUT2D eigenvalue weighted by molar-refractivity contribution is 0.327. The second kappa shape index (κ2) is 9.42. The third-order valence-electron chi connectivity index (χ3n) is 11.0. The maximum absolute atomic E-state index is 5.22. The molecule has 2 fully saturated rings. The molecule has 45 heavy (non-hydrogen) atoms. The summed E-state index contributed by atoms with van der Waals surface area (Å²) in [5.41, 5.74) is 9.03. The normalized spacial score (nSPS) is 21.1. The number of nitrogens with zero attached hydrogens (tertiary/aromatic N) is 3. The van der Waals surface area contributed by atoms with Crippen LogP contribution in [0.15, 0.2) is 127 Å². The number of rotatable bonds is 3. The maximum Gasteiger partial charge on any atom is 0.164 e. The summed E-state index contributed by atoms with van der Waals surface area (Å²) < 4.78 is 0. The van der Waals surface area contributed by atoms with Gasteiger partial charge in [0.15, 0.2) is 17.5 Å². The Hall–Kier alpha value is -5.15. The zero-order chi connectivity index (χ0) is 29.5. The van der Waals surface area contributed by atoms with Crippen molar-refractivity contribution in [3.63, 3.8) is 0 Å². The van der Waals surface area contributed by atoms with Gasteiger partial charge in [0.1, 0.15) is 0 Å². The molecule has 2 bridgehead atoms. The second-order valence-corrected chi connectivity index (χ2v) is 13.2. The standard InChI is InChI=1S/C42H31N3/c1-3-13-31-27(9-1)11-7-16-34(31)40-43-39(44-41(45-40)35-17-8-12-28-10-2-4-14-32(28)35)29-20-22-38-36(24-29)33-15-5-6-18-37(33)42(38)25-26-19-21-30(42)23-26/h1-18,20,22,24,26,30H,19,21,23,25H2/t26-,30+,42?/m1/s1. The largest absolute Gasteiger partial charge is 0.208 e. The topological polar surface area (TPSA) is 38.7 Å². The van der Waals surface area contributed by atoms with Gasteiger partial charge < -0.3 is 0 Å². The summed E-state index contributed by atoms with van der Waals surface area (Å²) >= 11 is 0. The van der Waals surface area contributed by atoms with Crippen LogP contribution in [0.1, 0.15) is 36.8 Å². The van der Waals surface area contributed by atoms with Crippen LogP contribution in [0.25, 0.3) is 66.8 Å². The number of aromatic nitrogens is 3. The highest BCUT2D eigenvalue weighted by Gasteiger charge is 2.56. The first-order valence-electron chi connectivity index (χ1n) is 16.2. The van der Waals surface area contributed by atoms with E-state index in [1.807, 2.05) is 0 Å². The van der Waals surface area contributed by atoms with Gasteiger partial charge in [-0.15, -0.1) is 0 Å². The van der Waals surface area contributed by atoms with E-state index < -0.39 is 0 Å². The molecule has 1 spiro atoms. The predicted octanol–water partition coefficient (Wildman–Crippen LogP) is 10.3. The smallest absolute Gasteiger partial charge is 0.164 e. The third-order valence-corrected chi connectivity index (χ3v) is 11.0. The van der Waals surface area contributed by atoms with Gasteiger partial charge in [-0.1, -0.05) is 128 Å². The van der Waals surface area contributed by atoms with Gasteiger partial charge in [-0.05, 0) is 81.0 Å². The zero-order valence-electron chi connectivity index (χ0n) is 24.9. The lowest BCUT2D eigenvalue weighted by Gasteiger charge is -2.36. The molecule has 1 unspecified atom stereocenters. The molecule has 0 aliphatic heterocycles. The highest BCUT2D eigenvalue weighted by atomic mass is 15.0. The van der Waals surface area contributed by atoms with Crippen molar-refractivity contribution in [1.82, 2.24) is 15.0 Å². The Morgan fingerprint density at radius 3 is 1.73 bits per heavy atom. The van der Waals surface area contributed by atoms with E-state index in [0.29, 0.717) is 17.5 Å². The van der Waals surface area contributed by atoms with Crippen LogP contribution < -0.4 is 0 Å². The number of hydrogen-bond acceptors (Lipinski definition) is 3. The molecule has 3 nitrogen and oxygen atoms in total. The molecular formula is C42H31N3. The van der Waals surface area contributed by atoms with Crippen molar-refractivity contribution in [2.75, 3.05) is 0 Å². The van der Waals surface area contributed by atoms with Crippen molar-refractivity contribution in [3.8, 4) is 45.3 Å². The van der Waals surface area contributed by atoms with Crippen LogP contribution in [0.3, 0.4) is 0 Å². The van der Waals surface area contributed by atoms with E-state index in [0.717, 1.165) is 39.3 Å². The first-order chi connectivity index (χ1) is 22.3. The first kappa shape index (κ1) is 25.2. The van der Waals surface area contributed by atoms with Gasteiger partial charge >= 0.3 is 0 Å². The summed E-state index contributed by atoms with van der Waals surface area (Å²) in [6, 6.07) is 45.9. The van der Waals surface area contributed by atoms with Crippen LogP contribution in [0.4, 0.5) is 0 Å². The van der Waals surface area contributed by atoms with E-state index >= 15 is 0 Å². The van der Waals surface area contributed by atoms with Crippen LogP contribution in [0.5, 0.6) is 0 Å². The average molecular weight is 578 g/mol. The molecular weight excluding hydrogens is 546 g/mol. The minimum Gasteiger partial charge on any atom is -0.208 e. The third kappa shape index (κ3) is 3.61. The molecule has 7 aromatic rings. The minimum atomic E-state index is 0.161. The maximum atomic E-state index is 5.22. The van der Waals surface area contributed by atoms with Crippen LogP contribution in [-0.4, -0.2) is 15.0 Å². The van der Waals surface area contributed by atoms with Gasteiger partial charge in [0.25, 0.3) is 0 Å². The molecule has 0 amide bonds. The number of fused-ring (bicyclic) bond motifs is 10. The molecule has 214 valence electrons. The fourth-order valence-corrected chi connectivity index (χ4v) is 9.12. The first-order valence-corrected chi connectivity index (χ1v) is 16.2. The summed E-state index contributed by atoms with van der Waals surface area (Å²) in [6.45, 7) is 0. The van der Waals surface area contributed by atoms with Gasteiger partial charge in [-0.25, -0.2) is 15.0 Å². The van der Waals surface area contributed by atoms with Crippen LogP contribution in [0.2, 0.25) is 0 Å². The molecule has 3 atom stereocenters. The Balaban J connectivity index is 1.21. The minimum absolute atomic E-state index is 0.161. The summed E-state index contributed by atoms with van der Waals surface area (Å²) in [6.07, 6.45) is 5.38. The van der Waals surface area contributed by atoms with Gasteiger partial charge in [-0.3, -0.25) is 0 Å². The van der Waals surface area contributed by atoms with Crippen LogP contribution in [-0.2, 0) is 5.41 Å². The van der Waals surface area contributed by atoms with Crippen molar-refractivity contribution in [3.05, 3.63) is 139 Å². The summed E-state index contributed by atoms with van der Waals surface area (Å²) in [7, 11) is 0. The monoisotopic (exact) mass is 577 g/mol. The van der Waals surface area contributed by atoms with E-state index in [9.17, 15) is 0 Å². The number of hydrogen-bond donors (Lipinski definition) is 0. The van der Waals surface area contributed by atoms with Crippen molar-refractivity contribution >= 4 is 21.5 Å². The molecule has 10 rings (SSSR count). The Kier molecular flexibility index (Phi) is 5.28. The number of benzene rings is 6. The molecule has 3 aliphatic rings. The summed E-state index contributed by atoms with van der Waals surface area (Å²) in [4.78, 5) is 15.6. The Bertz CT molecular complexity index is 2210. The van der Waals surface area contributed by atoms with Gasteiger partial charge in [0, 0.05) is 22.1 Å². The van der Waals surface area contributed by atoms with E-state index in [2.05, 4.69) is 127 Å². The predicted molar refractivity (Wildman–Crippen MR) is 183 cm³/mol. The molecule has 1 aromatic heterocycles. The van der Waals surface area contributed by atoms with Gasteiger partial charge in [0.2, 0.25) is 0 Å². The molecule has 3 aliphatic carbocycles. The highest BCUT2D eigenvalue weighted by molar-refractivity contribution is 5.97. The fraction of sp³-hybridized carbons (Fsp3) is 0.167. The average Bonchev–Trinajstić information content (AvgIpc) is 3.80. The molecule has 0 radical (unpaired) electrons. The van der Waals surface area contributed by atoms with Crippen LogP contribution >= 0.6 is 0 Å². The highest BCUT2D eigenvalue weighted by Crippen LogP contribution is 2.65. The molecule has 2 saturated carbocycles. The molecule has 0 N–H and O–H groups in total. The van der Waals surface area contributed by atoms with E-state index in [1.165, 1.54) is 58.7 Å². The fourth-order valence-electron chi connectivity index (χ4n) is 9.12. The van der Waals surface area contributed by atoms with E-state index in [4.69, 9.17) is 15.0 Å². The SMILES string of the molecule is c1ccc2c(c1)-c1cc(-c3nc(-c4cccc5ccccc45)nc(-c4cccc5ccccc45)n3)ccc1C21C[C@@H]2CC[C@H]1C2. The molecule has 6 aromatic carbocycles. The lowest BCUT2D eigenvalue weighted by Crippen LogP contribution is -2.31. The Morgan fingerprint density at radius 2 is 1.07 bits per heavy atom. The zero-order valence-corrected chi connectivity index (χ0v) is 24.9. The quantitative estimate of drug-likeness (QED) is 0.210. The lowest BCUT2D eigenvalue weighted by atomic mass is 9.67.